The Morgan fingerprint density at radius 3 is 1.00 bits per heavy atom. The van der Waals surface area contributed by atoms with Crippen LogP contribution in [0.4, 0.5) is 0 Å². The Labute approximate surface area is 140 Å². The quantitative estimate of drug-likeness (QED) is 0.240. The van der Waals surface area contributed by atoms with Crippen LogP contribution in [0.15, 0.2) is 0 Å². The standard InChI is InChI=1S/Al.Mo.Nb.H4Si.Sn.W.Zr.5H/h;;;1H4;;;;;;;;. The third kappa shape index (κ3) is 37.3. The van der Waals surface area contributed by atoms with E-state index in [1.54, 1.807) is 0 Å². The van der Waals surface area contributed by atoms with Gasteiger partial charge in [0.05, 0.1) is 0 Å². The predicted octanol–water partition coefficient (Wildman–Crippen LogP) is -3.56. The minimum Gasteiger partial charge on any atom is 0 e. The Morgan fingerprint density at radius 1 is 1.00 bits per heavy atom. The van der Waals surface area contributed by atoms with Crippen molar-refractivity contribution in [2.24, 2.45) is 0 Å². The summed E-state index contributed by atoms with van der Waals surface area (Å²) in [6, 6.07) is 0. The topological polar surface area (TPSA) is 0 Å². The first-order valence-corrected chi connectivity index (χ1v) is 0. The average Bonchev–Trinajstić information content (AvgIpc) is 0. The smallest absolute Gasteiger partial charge is 0 e. The second-order valence-corrected chi connectivity index (χ2v) is 0. The van der Waals surface area contributed by atoms with Crippen molar-refractivity contribution in [3.63, 3.8) is 0 Å². The van der Waals surface area contributed by atoms with Crippen LogP contribution in [0.3, 0.4) is 0 Å². The molecule has 0 aromatic carbocycles. The normalized spacial score (nSPS) is 0. The molecule has 0 nitrogen and oxygen atoms in total. The van der Waals surface area contributed by atoms with E-state index in [0.717, 1.165) is 0 Å². The first-order chi connectivity index (χ1) is 0. The van der Waals surface area contributed by atoms with Gasteiger partial charge < -0.3 is 0 Å². The predicted molar refractivity (Wildman–Crippen MR) is 29.8 cm³/mol. The summed E-state index contributed by atoms with van der Waals surface area (Å²) in [5, 5.41) is 0. The molecule has 0 N–H and O–H groups in total. The van der Waals surface area contributed by atoms with Crippen molar-refractivity contribution >= 4 is 52.2 Å². The molecule has 0 aliphatic rings. The van der Waals surface area contributed by atoms with Gasteiger partial charge in [-0.1, -0.05) is 0 Å². The van der Waals surface area contributed by atoms with E-state index in [1.807, 2.05) is 0 Å². The molecule has 0 saturated carbocycles. The molecule has 7 heteroatoms. The van der Waals surface area contributed by atoms with Crippen molar-refractivity contribution in [1.82, 2.24) is 0 Å². The minimum absolute atomic E-state index is 0. The second kappa shape index (κ2) is 46.5. The molecule has 0 spiro atoms. The third-order valence-corrected chi connectivity index (χ3v) is 0. The van der Waals surface area contributed by atoms with Gasteiger partial charge in [0.15, 0.2) is 17.4 Å². The number of hydrogen-bond acceptors (Lipinski definition) is 0. The van der Waals surface area contributed by atoms with Gasteiger partial charge in [-0.3, -0.25) is 0 Å². The molecule has 0 aliphatic heterocycles. The monoisotopic (exact) mass is 649 g/mol. The van der Waals surface area contributed by atoms with Crippen LogP contribution in [-0.4, -0.2) is 52.2 Å². The minimum atomic E-state index is 0. The zero-order valence-electron chi connectivity index (χ0n) is 2.47. The Morgan fingerprint density at radius 2 is 1.00 bits per heavy atom. The molecule has 0 unspecified atom stereocenters. The molecule has 0 saturated heterocycles. The molecule has 3 radical (unpaired) electrons. The van der Waals surface area contributed by atoms with Gasteiger partial charge in [-0.2, -0.15) is 0 Å². The number of hydrogen-bond donors (Lipinski definition) is 0. The van der Waals surface area contributed by atoms with Crippen LogP contribution in [0.2, 0.25) is 0 Å². The first-order valence-electron chi connectivity index (χ1n) is 0. The zero-order valence-corrected chi connectivity index (χ0v) is 16.1. The van der Waals surface area contributed by atoms with E-state index >= 15 is 0 Å². The van der Waals surface area contributed by atoms with Crippen molar-refractivity contribution in [3.8, 4) is 0 Å². The fourth-order valence-corrected chi connectivity index (χ4v) is 0. The molecule has 0 aromatic rings. The van der Waals surface area contributed by atoms with Crippen LogP contribution in [0.25, 0.3) is 0 Å². The summed E-state index contributed by atoms with van der Waals surface area (Å²) in [6.07, 6.45) is 0. The van der Waals surface area contributed by atoms with Gasteiger partial charge in [0.25, 0.3) is 0 Å². The molecule has 0 heterocycles. The van der Waals surface area contributed by atoms with E-state index in [9.17, 15) is 0 Å². The molecular formula is H9AlMoNbSiSnWZr. The fraction of sp³-hybridized carbons (Fsp3) is 0. The van der Waals surface area contributed by atoms with Crippen LogP contribution in [0, 0.1) is 0 Å². The van der Waals surface area contributed by atoms with Gasteiger partial charge >= 0.3 is 23.9 Å². The first kappa shape index (κ1) is 62.1. The van der Waals surface area contributed by atoms with Crippen LogP contribution < -0.4 is 0 Å². The summed E-state index contributed by atoms with van der Waals surface area (Å²) in [4.78, 5) is 0. The Bertz CT molecular complexity index is 19.7. The average molecular weight is 647 g/mol. The summed E-state index contributed by atoms with van der Waals surface area (Å²) < 4.78 is 0. The summed E-state index contributed by atoms with van der Waals surface area (Å²) >= 11 is 0. The Hall–Kier alpha value is 4.55. The van der Waals surface area contributed by atoms with Crippen LogP contribution in [0.1, 0.15) is 0 Å². The molecule has 0 amide bonds. The van der Waals surface area contributed by atoms with Gasteiger partial charge in [-0.15, -0.1) is 0 Å². The SMILES string of the molecule is [AlH3].[Mo].[Nb].[SiH4].[SnH2].[W].[Zr]. The van der Waals surface area contributed by atoms with E-state index in [2.05, 4.69) is 0 Å². The van der Waals surface area contributed by atoms with Crippen molar-refractivity contribution in [1.29, 1.82) is 0 Å². The van der Waals surface area contributed by atoms with Crippen molar-refractivity contribution < 1.29 is 90.7 Å². The van der Waals surface area contributed by atoms with Crippen molar-refractivity contribution in [2.45, 2.75) is 0 Å². The molecule has 0 bridgehead atoms. The largest absolute Gasteiger partial charge is 0 e. The van der Waals surface area contributed by atoms with E-state index in [1.165, 1.54) is 0 Å². The zero-order chi connectivity index (χ0) is 0. The van der Waals surface area contributed by atoms with Crippen LogP contribution in [0.5, 0.6) is 0 Å². The summed E-state index contributed by atoms with van der Waals surface area (Å²) in [7, 11) is 0. The van der Waals surface area contributed by atoms with E-state index in [0.29, 0.717) is 0 Å². The maximum atomic E-state index is 0. The van der Waals surface area contributed by atoms with E-state index in [-0.39, 0.29) is 143 Å². The Kier molecular flexibility index (Phi) is 413. The maximum Gasteiger partial charge on any atom is 0 e. The van der Waals surface area contributed by atoms with Gasteiger partial charge in [-0.25, -0.2) is 0 Å². The molecule has 41 valence electrons. The molecular weight excluding hydrogens is 638 g/mol. The second-order valence-electron chi connectivity index (χ2n) is 0. The summed E-state index contributed by atoms with van der Waals surface area (Å²) in [5.41, 5.74) is 0. The molecule has 0 rings (SSSR count). The number of rotatable bonds is 0. The van der Waals surface area contributed by atoms with Gasteiger partial charge in [-0.05, 0) is 11.0 Å². The van der Waals surface area contributed by atoms with E-state index < -0.39 is 0 Å². The maximum absolute atomic E-state index is 0. The fourth-order valence-electron chi connectivity index (χ4n) is 0. The molecule has 0 aliphatic carbocycles. The molecule has 0 fully saturated rings. The third-order valence-electron chi connectivity index (χ3n) is 0. The van der Waals surface area contributed by atoms with Gasteiger partial charge in [0.2, 0.25) is 0 Å². The molecule has 0 atom stereocenters. The summed E-state index contributed by atoms with van der Waals surface area (Å²) in [6.45, 7) is 0. The van der Waals surface area contributed by atoms with Crippen molar-refractivity contribution in [2.75, 3.05) is 0 Å². The summed E-state index contributed by atoms with van der Waals surface area (Å²) in [5.74, 6) is 0. The van der Waals surface area contributed by atoms with Crippen molar-refractivity contribution in [3.05, 3.63) is 0 Å². The van der Waals surface area contributed by atoms with Gasteiger partial charge in [0, 0.05) is 90.7 Å². The van der Waals surface area contributed by atoms with E-state index in [4.69, 9.17) is 0 Å². The van der Waals surface area contributed by atoms with Gasteiger partial charge in [0.1, 0.15) is 0 Å². The molecule has 7 heavy (non-hydrogen) atoms. The van der Waals surface area contributed by atoms with Crippen LogP contribution >= 0.6 is 0 Å². The Balaban J connectivity index is 0. The van der Waals surface area contributed by atoms with Crippen LogP contribution in [-0.2, 0) is 90.7 Å². The molecule has 0 aromatic heterocycles.